The zero-order valence-corrected chi connectivity index (χ0v) is 21.8. The normalized spacial score (nSPS) is 11.4. The molecule has 11 heteroatoms. The van der Waals surface area contributed by atoms with Crippen molar-refractivity contribution in [2.75, 3.05) is 16.7 Å². The molecule has 7 nitrogen and oxygen atoms in total. The first-order valence-corrected chi connectivity index (χ1v) is 13.7. The van der Waals surface area contributed by atoms with Gasteiger partial charge >= 0.3 is 0 Å². The minimum atomic E-state index is -3.75. The number of halogens is 1. The highest BCUT2D eigenvalue weighted by molar-refractivity contribution is 7.92. The summed E-state index contributed by atoms with van der Waals surface area (Å²) >= 11 is 8.81. The molecule has 4 aromatic rings. The Morgan fingerprint density at radius 2 is 1.74 bits per heavy atom. The Hall–Kier alpha value is -2.79. The van der Waals surface area contributed by atoms with E-state index in [4.69, 9.17) is 11.6 Å². The highest BCUT2D eigenvalue weighted by Crippen LogP contribution is 2.32. The Kier molecular flexibility index (Phi) is 7.04. The van der Waals surface area contributed by atoms with Gasteiger partial charge in [0.25, 0.3) is 10.0 Å². The number of carbonyl (C=O) groups excluding carboxylic acids is 1. The number of hydrogen-bond acceptors (Lipinski definition) is 7. The predicted molar refractivity (Wildman–Crippen MR) is 139 cm³/mol. The second kappa shape index (κ2) is 9.83. The van der Waals surface area contributed by atoms with Crippen molar-refractivity contribution >= 4 is 61.0 Å². The van der Waals surface area contributed by atoms with E-state index in [0.717, 1.165) is 21.3 Å². The van der Waals surface area contributed by atoms with E-state index >= 15 is 0 Å². The van der Waals surface area contributed by atoms with E-state index < -0.39 is 10.0 Å². The van der Waals surface area contributed by atoms with E-state index in [1.54, 1.807) is 47.7 Å². The third kappa shape index (κ3) is 5.30. The first-order valence-electron chi connectivity index (χ1n) is 10.2. The Bertz CT molecular complexity index is 1430. The van der Waals surface area contributed by atoms with Crippen LogP contribution >= 0.6 is 34.3 Å². The van der Waals surface area contributed by atoms with Gasteiger partial charge in [0, 0.05) is 17.5 Å². The quantitative estimate of drug-likeness (QED) is 0.337. The fourth-order valence-electron chi connectivity index (χ4n) is 3.28. The van der Waals surface area contributed by atoms with Gasteiger partial charge in [-0.25, -0.2) is 18.4 Å². The lowest BCUT2D eigenvalue weighted by molar-refractivity contribution is -0.115. The number of nitrogens with one attached hydrogen (secondary N) is 1. The second-order valence-electron chi connectivity index (χ2n) is 7.50. The molecule has 0 aliphatic rings. The first kappa shape index (κ1) is 24.3. The molecule has 0 spiro atoms. The number of carbonyl (C=O) groups is 1. The van der Waals surface area contributed by atoms with Crippen molar-refractivity contribution < 1.29 is 13.2 Å². The maximum Gasteiger partial charge on any atom is 0.264 e. The van der Waals surface area contributed by atoms with Crippen LogP contribution in [0.4, 0.5) is 10.8 Å². The van der Waals surface area contributed by atoms with Gasteiger partial charge in [0.15, 0.2) is 5.13 Å². The van der Waals surface area contributed by atoms with Gasteiger partial charge < -0.3 is 5.32 Å². The van der Waals surface area contributed by atoms with E-state index in [9.17, 15) is 13.2 Å². The molecule has 2 aromatic heterocycles. The third-order valence-electron chi connectivity index (χ3n) is 5.02. The summed E-state index contributed by atoms with van der Waals surface area (Å²) in [4.78, 5) is 22.6. The molecule has 2 heterocycles. The average molecular weight is 533 g/mol. The van der Waals surface area contributed by atoms with Crippen molar-refractivity contribution in [3.8, 4) is 10.6 Å². The third-order valence-corrected chi connectivity index (χ3v) is 8.93. The predicted octanol–water partition coefficient (Wildman–Crippen LogP) is 5.54. The number of amides is 1. The van der Waals surface area contributed by atoms with Crippen molar-refractivity contribution in [2.24, 2.45) is 0 Å². The van der Waals surface area contributed by atoms with Crippen molar-refractivity contribution in [1.29, 1.82) is 0 Å². The molecule has 1 amide bonds. The molecule has 34 heavy (non-hydrogen) atoms. The number of aromatic nitrogens is 2. The molecule has 2 aromatic carbocycles. The second-order valence-corrected chi connectivity index (χ2v) is 12.0. The highest BCUT2D eigenvalue weighted by Gasteiger charge is 2.21. The number of nitrogens with zero attached hydrogens (tertiary/aromatic N) is 3. The van der Waals surface area contributed by atoms with E-state index in [0.29, 0.717) is 21.4 Å². The summed E-state index contributed by atoms with van der Waals surface area (Å²) in [6, 6.07) is 12.8. The number of sulfonamides is 1. The number of benzene rings is 2. The van der Waals surface area contributed by atoms with Crippen LogP contribution in [0.5, 0.6) is 0 Å². The van der Waals surface area contributed by atoms with E-state index in [1.807, 2.05) is 19.2 Å². The zero-order chi connectivity index (χ0) is 24.5. The van der Waals surface area contributed by atoms with Gasteiger partial charge in [-0.2, -0.15) is 0 Å². The standard InChI is InChI=1S/C23H21ClN4O3S3/c1-14-22(33-15(2)25-14)20-13-32-23(26-20)27-21(29)12-16-4-10-19(11-5-16)34(30,31)28(3)18-8-6-17(24)7-9-18/h4-11,13H,12H2,1-3H3,(H,26,27,29). The van der Waals surface area contributed by atoms with Crippen LogP contribution in [-0.4, -0.2) is 31.3 Å². The van der Waals surface area contributed by atoms with Gasteiger partial charge in [0.05, 0.1) is 38.3 Å². The molecule has 0 radical (unpaired) electrons. The summed E-state index contributed by atoms with van der Waals surface area (Å²) in [7, 11) is -2.26. The minimum Gasteiger partial charge on any atom is -0.302 e. The van der Waals surface area contributed by atoms with Crippen molar-refractivity contribution in [1.82, 2.24) is 9.97 Å². The fourth-order valence-corrected chi connectivity index (χ4v) is 6.27. The number of thiazole rings is 2. The summed E-state index contributed by atoms with van der Waals surface area (Å²) in [6.07, 6.45) is 0.0982. The molecule has 176 valence electrons. The SMILES string of the molecule is Cc1nc(C)c(-c2csc(NC(=O)Cc3ccc(S(=O)(=O)N(C)c4ccc(Cl)cc4)cc3)n2)s1. The molecular weight excluding hydrogens is 512 g/mol. The smallest absolute Gasteiger partial charge is 0.264 e. The van der Waals surface area contributed by atoms with Crippen LogP contribution < -0.4 is 9.62 Å². The van der Waals surface area contributed by atoms with E-state index in [2.05, 4.69) is 15.3 Å². The van der Waals surface area contributed by atoms with Crippen LogP contribution in [0, 0.1) is 13.8 Å². The molecule has 4 rings (SSSR count). The number of hydrogen-bond donors (Lipinski definition) is 1. The van der Waals surface area contributed by atoms with Crippen LogP contribution in [0.25, 0.3) is 10.6 Å². The Morgan fingerprint density at radius 3 is 2.35 bits per heavy atom. The lowest BCUT2D eigenvalue weighted by atomic mass is 10.1. The lowest BCUT2D eigenvalue weighted by Crippen LogP contribution is -2.26. The molecule has 1 N–H and O–H groups in total. The van der Waals surface area contributed by atoms with Crippen molar-refractivity contribution in [2.45, 2.75) is 25.2 Å². The Balaban J connectivity index is 1.41. The molecule has 0 bridgehead atoms. The molecule has 0 unspecified atom stereocenters. The molecule has 0 fully saturated rings. The van der Waals surface area contributed by atoms with Gasteiger partial charge in [0.1, 0.15) is 0 Å². The van der Waals surface area contributed by atoms with Gasteiger partial charge in [-0.3, -0.25) is 9.10 Å². The van der Waals surface area contributed by atoms with Gasteiger partial charge in [-0.15, -0.1) is 22.7 Å². The molecule has 0 saturated carbocycles. The Morgan fingerprint density at radius 1 is 1.06 bits per heavy atom. The van der Waals surface area contributed by atoms with Gasteiger partial charge in [-0.05, 0) is 55.8 Å². The van der Waals surface area contributed by atoms with Gasteiger partial charge in [0.2, 0.25) is 5.91 Å². The summed E-state index contributed by atoms with van der Waals surface area (Å²) in [5.41, 5.74) is 2.90. The zero-order valence-electron chi connectivity index (χ0n) is 18.6. The maximum absolute atomic E-state index is 12.9. The average Bonchev–Trinajstić information content (AvgIpc) is 3.39. The Labute approximate surface area is 211 Å². The molecule has 0 atom stereocenters. The summed E-state index contributed by atoms with van der Waals surface area (Å²) in [6.45, 7) is 3.88. The van der Waals surface area contributed by atoms with Crippen LogP contribution in [-0.2, 0) is 21.2 Å². The minimum absolute atomic E-state index is 0.0982. The molecule has 0 saturated heterocycles. The van der Waals surface area contributed by atoms with Crippen LogP contribution in [0.15, 0.2) is 58.8 Å². The lowest BCUT2D eigenvalue weighted by Gasteiger charge is -2.19. The fraction of sp³-hybridized carbons (Fsp3) is 0.174. The molecule has 0 aliphatic carbocycles. The highest BCUT2D eigenvalue weighted by atomic mass is 35.5. The van der Waals surface area contributed by atoms with Crippen LogP contribution in [0.3, 0.4) is 0 Å². The largest absolute Gasteiger partial charge is 0.302 e. The molecule has 0 aliphatic heterocycles. The molecular formula is C23H21ClN4O3S3. The topological polar surface area (TPSA) is 92.3 Å². The van der Waals surface area contributed by atoms with Gasteiger partial charge in [-0.1, -0.05) is 23.7 Å². The summed E-state index contributed by atoms with van der Waals surface area (Å²) < 4.78 is 27.1. The monoisotopic (exact) mass is 532 g/mol. The van der Waals surface area contributed by atoms with Crippen molar-refractivity contribution in [3.05, 3.63) is 75.2 Å². The summed E-state index contributed by atoms with van der Waals surface area (Å²) in [5, 5.41) is 6.71. The van der Waals surface area contributed by atoms with Crippen LogP contribution in [0.1, 0.15) is 16.3 Å². The van der Waals surface area contributed by atoms with E-state index in [1.165, 1.54) is 34.8 Å². The number of anilines is 2. The summed E-state index contributed by atoms with van der Waals surface area (Å²) in [5.74, 6) is -0.230. The number of rotatable bonds is 7. The first-order chi connectivity index (χ1) is 16.1. The van der Waals surface area contributed by atoms with Crippen molar-refractivity contribution in [3.63, 3.8) is 0 Å². The maximum atomic E-state index is 12.9. The van der Waals surface area contributed by atoms with E-state index in [-0.39, 0.29) is 17.2 Å². The number of aryl methyl sites for hydroxylation is 2. The van der Waals surface area contributed by atoms with Crippen LogP contribution in [0.2, 0.25) is 5.02 Å².